The second-order valence-corrected chi connectivity index (χ2v) is 4.26. The zero-order chi connectivity index (χ0) is 13.4. The maximum Gasteiger partial charge on any atom is 0.123 e. The van der Waals surface area contributed by atoms with E-state index in [1.54, 1.807) is 12.1 Å². The molecule has 0 heterocycles. The average molecular weight is 254 g/mol. The third-order valence-corrected chi connectivity index (χ3v) is 2.81. The van der Waals surface area contributed by atoms with Gasteiger partial charge in [0.05, 0.1) is 6.61 Å². The first-order chi connectivity index (χ1) is 8.72. The van der Waals surface area contributed by atoms with E-state index in [0.29, 0.717) is 13.1 Å². The van der Waals surface area contributed by atoms with E-state index in [9.17, 15) is 4.39 Å². The highest BCUT2D eigenvalue weighted by Gasteiger charge is 2.10. The Labute approximate surface area is 109 Å². The summed E-state index contributed by atoms with van der Waals surface area (Å²) in [5.41, 5.74) is 1.95. The molecule has 2 N–H and O–H groups in total. The van der Waals surface area contributed by atoms with Crippen LogP contribution in [0.25, 0.3) is 0 Å². The predicted molar refractivity (Wildman–Crippen MR) is 73.4 cm³/mol. The van der Waals surface area contributed by atoms with Gasteiger partial charge in [-0.1, -0.05) is 13.8 Å². The second kappa shape index (κ2) is 8.06. The van der Waals surface area contributed by atoms with Gasteiger partial charge >= 0.3 is 0 Å². The largest absolute Gasteiger partial charge is 0.395 e. The summed E-state index contributed by atoms with van der Waals surface area (Å²) in [5, 5.41) is 12.3. The molecule has 0 fully saturated rings. The summed E-state index contributed by atoms with van der Waals surface area (Å²) < 4.78 is 13.3. The lowest BCUT2D eigenvalue weighted by Gasteiger charge is -2.26. The molecule has 102 valence electrons. The maximum absolute atomic E-state index is 13.3. The minimum absolute atomic E-state index is 0.109. The molecule has 1 aromatic rings. The van der Waals surface area contributed by atoms with Crippen LogP contribution in [0.5, 0.6) is 0 Å². The summed E-state index contributed by atoms with van der Waals surface area (Å²) in [4.78, 5) is 2.10. The van der Waals surface area contributed by atoms with E-state index < -0.39 is 0 Å². The van der Waals surface area contributed by atoms with Crippen LogP contribution >= 0.6 is 0 Å². The van der Waals surface area contributed by atoms with Crippen molar-refractivity contribution in [2.24, 2.45) is 0 Å². The van der Waals surface area contributed by atoms with Gasteiger partial charge in [-0.15, -0.1) is 0 Å². The predicted octanol–water partition coefficient (Wildman–Crippen LogP) is 2.14. The number of anilines is 1. The van der Waals surface area contributed by atoms with Crippen molar-refractivity contribution in [3.63, 3.8) is 0 Å². The molecule has 0 aromatic heterocycles. The number of aliphatic hydroxyl groups excluding tert-OH is 1. The SMILES string of the molecule is CCCN(CCO)c1ccc(F)cc1CNCC. The molecule has 0 radical (unpaired) electrons. The highest BCUT2D eigenvalue weighted by atomic mass is 19.1. The molecule has 0 saturated heterocycles. The molecule has 0 spiro atoms. The topological polar surface area (TPSA) is 35.5 Å². The molecule has 3 nitrogen and oxygen atoms in total. The molecule has 0 aliphatic rings. The van der Waals surface area contributed by atoms with Gasteiger partial charge in [0.15, 0.2) is 0 Å². The summed E-state index contributed by atoms with van der Waals surface area (Å²) in [7, 11) is 0. The van der Waals surface area contributed by atoms with Crippen molar-refractivity contribution < 1.29 is 9.50 Å². The maximum atomic E-state index is 13.3. The Morgan fingerprint density at radius 3 is 2.67 bits per heavy atom. The molecule has 0 aliphatic carbocycles. The van der Waals surface area contributed by atoms with Crippen molar-refractivity contribution in [1.82, 2.24) is 5.32 Å². The number of nitrogens with zero attached hydrogens (tertiary/aromatic N) is 1. The van der Waals surface area contributed by atoms with Gasteiger partial charge < -0.3 is 15.3 Å². The molecule has 0 saturated carbocycles. The monoisotopic (exact) mass is 254 g/mol. The first-order valence-electron chi connectivity index (χ1n) is 6.57. The average Bonchev–Trinajstić information content (AvgIpc) is 2.36. The zero-order valence-electron chi connectivity index (χ0n) is 11.2. The molecule has 1 rings (SSSR count). The molecule has 0 bridgehead atoms. The molecule has 0 amide bonds. The van der Waals surface area contributed by atoms with Gasteiger partial charge in [0, 0.05) is 25.3 Å². The molecule has 0 atom stereocenters. The number of hydrogen-bond acceptors (Lipinski definition) is 3. The quantitative estimate of drug-likeness (QED) is 0.746. The number of halogens is 1. The van der Waals surface area contributed by atoms with Crippen LogP contribution in [0.15, 0.2) is 18.2 Å². The Kier molecular flexibility index (Phi) is 6.68. The standard InChI is InChI=1S/C14H23FN2O/c1-3-7-17(8-9-18)14-6-5-13(15)10-12(14)11-16-4-2/h5-6,10,16,18H,3-4,7-9,11H2,1-2H3. The van der Waals surface area contributed by atoms with Crippen LogP contribution in [-0.4, -0.2) is 31.3 Å². The Hall–Kier alpha value is -1.13. The smallest absolute Gasteiger partial charge is 0.123 e. The number of hydrogen-bond donors (Lipinski definition) is 2. The van der Waals surface area contributed by atoms with E-state index in [2.05, 4.69) is 17.1 Å². The molecule has 0 unspecified atom stereocenters. The summed E-state index contributed by atoms with van der Waals surface area (Å²) in [6.07, 6.45) is 0.998. The van der Waals surface area contributed by atoms with E-state index in [1.807, 2.05) is 6.92 Å². The van der Waals surface area contributed by atoms with Crippen LogP contribution in [0.3, 0.4) is 0 Å². The summed E-state index contributed by atoms with van der Waals surface area (Å²) >= 11 is 0. The Morgan fingerprint density at radius 2 is 2.06 bits per heavy atom. The van der Waals surface area contributed by atoms with Gasteiger partial charge in [-0.25, -0.2) is 4.39 Å². The normalized spacial score (nSPS) is 10.7. The van der Waals surface area contributed by atoms with Crippen molar-refractivity contribution in [2.75, 3.05) is 31.1 Å². The van der Waals surface area contributed by atoms with Crippen molar-refractivity contribution in [2.45, 2.75) is 26.8 Å². The molecular formula is C14H23FN2O. The van der Waals surface area contributed by atoms with Gasteiger partial charge in [0.25, 0.3) is 0 Å². The van der Waals surface area contributed by atoms with Crippen molar-refractivity contribution in [3.8, 4) is 0 Å². The van der Waals surface area contributed by atoms with Gasteiger partial charge in [-0.05, 0) is 36.7 Å². The van der Waals surface area contributed by atoms with Gasteiger partial charge in [0.2, 0.25) is 0 Å². The van der Waals surface area contributed by atoms with Crippen molar-refractivity contribution in [1.29, 1.82) is 0 Å². The number of aliphatic hydroxyl groups is 1. The fourth-order valence-corrected chi connectivity index (χ4v) is 2.01. The summed E-state index contributed by atoms with van der Waals surface area (Å²) in [6.45, 7) is 7.18. The number of benzene rings is 1. The lowest BCUT2D eigenvalue weighted by molar-refractivity contribution is 0.301. The van der Waals surface area contributed by atoms with E-state index in [0.717, 1.165) is 30.8 Å². The molecule has 0 aliphatic heterocycles. The Morgan fingerprint density at radius 1 is 1.28 bits per heavy atom. The van der Waals surface area contributed by atoms with Crippen LogP contribution in [0.4, 0.5) is 10.1 Å². The fraction of sp³-hybridized carbons (Fsp3) is 0.571. The van der Waals surface area contributed by atoms with Gasteiger partial charge in [-0.3, -0.25) is 0 Å². The van der Waals surface area contributed by atoms with Crippen LogP contribution in [-0.2, 0) is 6.54 Å². The highest BCUT2D eigenvalue weighted by Crippen LogP contribution is 2.22. The summed E-state index contributed by atoms with van der Waals surface area (Å²) in [5.74, 6) is -0.216. The highest BCUT2D eigenvalue weighted by molar-refractivity contribution is 5.54. The van der Waals surface area contributed by atoms with E-state index >= 15 is 0 Å². The second-order valence-electron chi connectivity index (χ2n) is 4.26. The Bertz CT molecular complexity index is 352. The number of nitrogens with one attached hydrogen (secondary N) is 1. The van der Waals surface area contributed by atoms with E-state index in [-0.39, 0.29) is 12.4 Å². The van der Waals surface area contributed by atoms with Crippen molar-refractivity contribution in [3.05, 3.63) is 29.6 Å². The molecule has 18 heavy (non-hydrogen) atoms. The van der Waals surface area contributed by atoms with Crippen LogP contribution in [0, 0.1) is 5.82 Å². The third-order valence-electron chi connectivity index (χ3n) is 2.81. The minimum atomic E-state index is -0.216. The lowest BCUT2D eigenvalue weighted by Crippen LogP contribution is -2.29. The van der Waals surface area contributed by atoms with Crippen LogP contribution < -0.4 is 10.2 Å². The molecule has 1 aromatic carbocycles. The zero-order valence-corrected chi connectivity index (χ0v) is 11.2. The van der Waals surface area contributed by atoms with Gasteiger partial charge in [0.1, 0.15) is 5.82 Å². The van der Waals surface area contributed by atoms with Gasteiger partial charge in [-0.2, -0.15) is 0 Å². The first-order valence-corrected chi connectivity index (χ1v) is 6.57. The van der Waals surface area contributed by atoms with E-state index in [1.165, 1.54) is 6.07 Å². The minimum Gasteiger partial charge on any atom is -0.395 e. The van der Waals surface area contributed by atoms with Crippen molar-refractivity contribution >= 4 is 5.69 Å². The van der Waals surface area contributed by atoms with Crippen LogP contribution in [0.2, 0.25) is 0 Å². The third kappa shape index (κ3) is 4.27. The lowest BCUT2D eigenvalue weighted by atomic mass is 10.1. The van der Waals surface area contributed by atoms with E-state index in [4.69, 9.17) is 5.11 Å². The summed E-state index contributed by atoms with van der Waals surface area (Å²) in [6, 6.07) is 4.84. The molecule has 4 heteroatoms. The first kappa shape index (κ1) is 14.9. The fourth-order valence-electron chi connectivity index (χ4n) is 2.01. The molecular weight excluding hydrogens is 231 g/mol. The van der Waals surface area contributed by atoms with Crippen LogP contribution in [0.1, 0.15) is 25.8 Å². The number of rotatable bonds is 8. The Balaban J connectivity index is 2.95.